The number of carbonyl (C=O) groups excluding carboxylic acids is 2. The largest absolute Gasteiger partial charge is 0.286 e. The third-order valence-corrected chi connectivity index (χ3v) is 4.16. The van der Waals surface area contributed by atoms with Gasteiger partial charge in [-0.1, -0.05) is 44.2 Å². The minimum Gasteiger partial charge on any atom is -0.267 e. The van der Waals surface area contributed by atoms with Crippen molar-refractivity contribution in [2.75, 3.05) is 0 Å². The monoisotopic (exact) mass is 363 g/mol. The highest BCUT2D eigenvalue weighted by Gasteiger charge is 2.36. The number of rotatable bonds is 3. The van der Waals surface area contributed by atoms with Gasteiger partial charge in [0.15, 0.2) is 0 Å². The molecule has 0 heterocycles. The normalized spacial score (nSPS) is 11.0. The highest BCUT2D eigenvalue weighted by Crippen LogP contribution is 2.22. The second-order valence-corrected chi connectivity index (χ2v) is 7.65. The zero-order chi connectivity index (χ0) is 20.2. The molecule has 0 bridgehead atoms. The van der Waals surface area contributed by atoms with E-state index in [4.69, 9.17) is 0 Å². The van der Waals surface area contributed by atoms with Crippen molar-refractivity contribution in [3.63, 3.8) is 0 Å². The van der Waals surface area contributed by atoms with Crippen LogP contribution in [0.5, 0.6) is 0 Å². The Labute approximate surface area is 160 Å². The number of hydrogen-bond donors (Lipinski definition) is 0. The van der Waals surface area contributed by atoms with Crippen LogP contribution in [0, 0.1) is 11.5 Å². The van der Waals surface area contributed by atoms with Gasteiger partial charge in [0.25, 0.3) is 11.8 Å². The molecular weight excluding hydrogens is 338 g/mol. The van der Waals surface area contributed by atoms with Gasteiger partial charge in [-0.05, 0) is 56.5 Å². The second kappa shape index (κ2) is 8.05. The molecule has 27 heavy (non-hydrogen) atoms. The number of hydrazine groups is 1. The summed E-state index contributed by atoms with van der Waals surface area (Å²) in [5.74, 6) is -0.601. The molecule has 2 aromatic carbocycles. The van der Waals surface area contributed by atoms with Gasteiger partial charge in [0, 0.05) is 11.1 Å². The molecule has 0 aliphatic heterocycles. The van der Waals surface area contributed by atoms with Crippen molar-refractivity contribution >= 4 is 11.8 Å². The highest BCUT2D eigenvalue weighted by molar-refractivity contribution is 6.00. The predicted octanol–water partition coefficient (Wildman–Crippen LogP) is 4.59. The van der Waals surface area contributed by atoms with E-state index in [1.54, 1.807) is 57.2 Å². The molecule has 2 amide bonds. The predicted molar refractivity (Wildman–Crippen MR) is 105 cm³/mol. The van der Waals surface area contributed by atoms with Gasteiger partial charge in [-0.15, -0.1) is 5.01 Å². The minimum absolute atomic E-state index is 0.340. The van der Waals surface area contributed by atoms with Gasteiger partial charge in [-0.25, -0.2) is 5.01 Å². The van der Waals surface area contributed by atoms with Gasteiger partial charge in [0.05, 0.1) is 5.54 Å². The quantitative estimate of drug-likeness (QED) is 0.455. The molecule has 0 radical (unpaired) electrons. The minimum atomic E-state index is -0.768. The Hall–Kier alpha value is -3.13. The first-order valence-electron chi connectivity index (χ1n) is 8.90. The van der Waals surface area contributed by atoms with Crippen molar-refractivity contribution in [3.05, 3.63) is 71.3 Å². The fourth-order valence-corrected chi connectivity index (χ4v) is 2.71. The van der Waals surface area contributed by atoms with E-state index < -0.39 is 17.4 Å². The van der Waals surface area contributed by atoms with E-state index in [-0.39, 0.29) is 0 Å². The second-order valence-electron chi connectivity index (χ2n) is 7.65. The van der Waals surface area contributed by atoms with Crippen molar-refractivity contribution in [1.29, 1.82) is 5.26 Å². The molecule has 0 unspecified atom stereocenters. The molecule has 5 heteroatoms. The lowest BCUT2D eigenvalue weighted by molar-refractivity contribution is -0.0167. The van der Waals surface area contributed by atoms with E-state index in [9.17, 15) is 14.9 Å². The summed E-state index contributed by atoms with van der Waals surface area (Å²) in [4.78, 5) is 26.0. The Morgan fingerprint density at radius 3 is 1.85 bits per heavy atom. The third kappa shape index (κ3) is 4.53. The molecule has 0 fully saturated rings. The highest BCUT2D eigenvalue weighted by atomic mass is 16.2. The van der Waals surface area contributed by atoms with Crippen LogP contribution in [0.3, 0.4) is 0 Å². The lowest BCUT2D eigenvalue weighted by Crippen LogP contribution is -2.56. The summed E-state index contributed by atoms with van der Waals surface area (Å²) in [5, 5.41) is 11.7. The Morgan fingerprint density at radius 1 is 0.889 bits per heavy atom. The fraction of sp³-hybridized carbons (Fsp3) is 0.318. The molecular formula is C22H25N3O2. The first kappa shape index (κ1) is 20.2. The maximum atomic E-state index is 13.1. The third-order valence-electron chi connectivity index (χ3n) is 4.16. The lowest BCUT2D eigenvalue weighted by Gasteiger charge is -2.39. The molecule has 5 nitrogen and oxygen atoms in total. The molecule has 140 valence electrons. The smallest absolute Gasteiger partial charge is 0.267 e. The molecule has 0 N–H and O–H groups in total. The Kier molecular flexibility index (Phi) is 6.02. The first-order chi connectivity index (χ1) is 12.7. The molecule has 0 aliphatic rings. The maximum Gasteiger partial charge on any atom is 0.286 e. The number of amides is 2. The van der Waals surface area contributed by atoms with Gasteiger partial charge < -0.3 is 0 Å². The number of nitrogens with zero attached hydrogens (tertiary/aromatic N) is 3. The molecule has 0 aliphatic carbocycles. The van der Waals surface area contributed by atoms with Crippen LogP contribution in [-0.4, -0.2) is 27.4 Å². The van der Waals surface area contributed by atoms with E-state index in [0.29, 0.717) is 17.0 Å². The average molecular weight is 363 g/mol. The molecule has 0 spiro atoms. The van der Waals surface area contributed by atoms with Crippen molar-refractivity contribution in [2.45, 2.75) is 46.1 Å². The van der Waals surface area contributed by atoms with Crippen LogP contribution >= 0.6 is 0 Å². The van der Waals surface area contributed by atoms with Crippen molar-refractivity contribution < 1.29 is 9.59 Å². The number of nitriles is 1. The summed E-state index contributed by atoms with van der Waals surface area (Å²) in [6.07, 6.45) is 1.88. The molecule has 2 aromatic rings. The first-order valence-corrected chi connectivity index (χ1v) is 8.90. The van der Waals surface area contributed by atoms with Crippen LogP contribution < -0.4 is 0 Å². The molecule has 0 saturated carbocycles. The number of benzene rings is 2. The van der Waals surface area contributed by atoms with Gasteiger partial charge in [0.2, 0.25) is 6.19 Å². The van der Waals surface area contributed by atoms with E-state index in [1.165, 1.54) is 5.01 Å². The van der Waals surface area contributed by atoms with Crippen LogP contribution in [0.2, 0.25) is 0 Å². The zero-order valence-electron chi connectivity index (χ0n) is 16.4. The summed E-state index contributed by atoms with van der Waals surface area (Å²) in [6.45, 7) is 9.49. The lowest BCUT2D eigenvalue weighted by atomic mass is 10.0. The zero-order valence-corrected chi connectivity index (χ0v) is 16.4. The number of carbonyl (C=O) groups is 2. The van der Waals surface area contributed by atoms with Crippen LogP contribution in [0.25, 0.3) is 0 Å². The summed E-state index contributed by atoms with van der Waals surface area (Å²) in [7, 11) is 0. The van der Waals surface area contributed by atoms with Gasteiger partial charge in [0.1, 0.15) is 0 Å². The summed E-state index contributed by atoms with van der Waals surface area (Å²) >= 11 is 0. The van der Waals surface area contributed by atoms with E-state index in [1.807, 2.05) is 24.4 Å². The molecule has 2 rings (SSSR count). The summed E-state index contributed by atoms with van der Waals surface area (Å²) < 4.78 is 0. The maximum absolute atomic E-state index is 13.1. The molecule has 0 aromatic heterocycles. The average Bonchev–Trinajstić information content (AvgIpc) is 2.64. The van der Waals surface area contributed by atoms with Crippen molar-refractivity contribution in [3.8, 4) is 6.19 Å². The van der Waals surface area contributed by atoms with E-state index in [2.05, 4.69) is 13.8 Å². The van der Waals surface area contributed by atoms with Crippen LogP contribution in [-0.2, 0) is 0 Å². The summed E-state index contributed by atoms with van der Waals surface area (Å²) in [5.41, 5.74) is 1.10. The number of hydrogen-bond acceptors (Lipinski definition) is 3. The summed E-state index contributed by atoms with van der Waals surface area (Å²) in [6, 6.07) is 15.8. The molecule has 0 saturated heterocycles. The van der Waals surface area contributed by atoms with Crippen LogP contribution in [0.4, 0.5) is 0 Å². The van der Waals surface area contributed by atoms with Crippen molar-refractivity contribution in [1.82, 2.24) is 10.0 Å². The fourth-order valence-electron chi connectivity index (χ4n) is 2.71. The Bertz CT molecular complexity index is 844. The van der Waals surface area contributed by atoms with Gasteiger partial charge >= 0.3 is 0 Å². The van der Waals surface area contributed by atoms with Gasteiger partial charge in [-0.3, -0.25) is 9.59 Å². The van der Waals surface area contributed by atoms with Gasteiger partial charge in [-0.2, -0.15) is 5.26 Å². The standard InChI is InChI=1S/C22H25N3O2/c1-16(2)17-11-13-19(14-12-17)20(26)24(15-23)25(22(3,4)5)21(27)18-9-7-6-8-10-18/h6-14,16H,1-5H3. The SMILES string of the molecule is CC(C)c1ccc(C(=O)N(C#N)N(C(=O)c2ccccc2)C(C)(C)C)cc1. The Morgan fingerprint density at radius 2 is 1.41 bits per heavy atom. The topological polar surface area (TPSA) is 64.4 Å². The van der Waals surface area contributed by atoms with E-state index >= 15 is 0 Å². The molecule has 0 atom stereocenters. The Balaban J connectivity index is 2.42. The van der Waals surface area contributed by atoms with Crippen LogP contribution in [0.15, 0.2) is 54.6 Å². The van der Waals surface area contributed by atoms with Crippen molar-refractivity contribution in [2.24, 2.45) is 0 Å². The van der Waals surface area contributed by atoms with Crippen LogP contribution in [0.1, 0.15) is 66.8 Å². The van der Waals surface area contributed by atoms with E-state index in [0.717, 1.165) is 10.6 Å².